The van der Waals surface area contributed by atoms with Gasteiger partial charge in [-0.25, -0.2) is 5.43 Å². The van der Waals surface area contributed by atoms with E-state index in [9.17, 15) is 13.2 Å². The second-order valence-electron chi connectivity index (χ2n) is 3.01. The predicted molar refractivity (Wildman–Crippen MR) is 51.8 cm³/mol. The Kier molecular flexibility index (Phi) is 4.18. The normalized spacial score (nSPS) is 14.2. The molecule has 0 aliphatic rings. The van der Waals surface area contributed by atoms with Crippen LogP contribution in [0.25, 0.3) is 0 Å². The highest BCUT2D eigenvalue weighted by molar-refractivity contribution is 9.10. The van der Waals surface area contributed by atoms with Crippen molar-refractivity contribution in [1.29, 1.82) is 0 Å². The average molecular weight is 287 g/mol. The molecule has 1 aromatic rings. The highest BCUT2D eigenvalue weighted by Gasteiger charge is 2.29. The maximum Gasteiger partial charge on any atom is 0.389 e. The van der Waals surface area contributed by atoms with Crippen LogP contribution in [0.5, 0.6) is 0 Å². The van der Waals surface area contributed by atoms with Crippen LogP contribution in [0.3, 0.4) is 0 Å². The van der Waals surface area contributed by atoms with E-state index in [0.717, 1.165) is 0 Å². The molecule has 0 saturated heterocycles. The zero-order chi connectivity index (χ0) is 11.5. The van der Waals surface area contributed by atoms with E-state index in [1.165, 1.54) is 6.26 Å². The molecule has 3 nitrogen and oxygen atoms in total. The monoisotopic (exact) mass is 286 g/mol. The number of alkyl halides is 3. The molecule has 15 heavy (non-hydrogen) atoms. The Hall–Kier alpha value is -0.530. The summed E-state index contributed by atoms with van der Waals surface area (Å²) in [6.07, 6.45) is -3.87. The number of halogens is 4. The van der Waals surface area contributed by atoms with Gasteiger partial charge in [0.2, 0.25) is 0 Å². The molecule has 1 unspecified atom stereocenters. The van der Waals surface area contributed by atoms with E-state index in [1.54, 1.807) is 6.07 Å². The fraction of sp³-hybridized carbons (Fsp3) is 0.500. The van der Waals surface area contributed by atoms with Crippen LogP contribution in [0.2, 0.25) is 0 Å². The summed E-state index contributed by atoms with van der Waals surface area (Å²) >= 11 is 3.16. The lowest BCUT2D eigenvalue weighted by Crippen LogP contribution is -2.29. The molecular weight excluding hydrogens is 277 g/mol. The zero-order valence-corrected chi connectivity index (χ0v) is 9.23. The van der Waals surface area contributed by atoms with Gasteiger partial charge in [-0.3, -0.25) is 5.84 Å². The standard InChI is InChI=1S/C8H10BrF3N2O/c9-5-2-4-15-7(5)6(14-13)1-3-8(10,11)12/h2,4,6,14H,1,3,13H2. The van der Waals surface area contributed by atoms with E-state index in [1.807, 2.05) is 0 Å². The highest BCUT2D eigenvalue weighted by Crippen LogP contribution is 2.31. The predicted octanol–water partition coefficient (Wildman–Crippen LogP) is 2.89. The second-order valence-corrected chi connectivity index (χ2v) is 3.86. The highest BCUT2D eigenvalue weighted by atomic mass is 79.9. The third-order valence-corrected chi connectivity index (χ3v) is 2.53. The summed E-state index contributed by atoms with van der Waals surface area (Å²) in [5.74, 6) is 5.54. The summed E-state index contributed by atoms with van der Waals surface area (Å²) in [5, 5.41) is 0. The smallest absolute Gasteiger partial charge is 0.389 e. The van der Waals surface area contributed by atoms with Crippen LogP contribution in [0.15, 0.2) is 21.2 Å². The van der Waals surface area contributed by atoms with Crippen LogP contribution >= 0.6 is 15.9 Å². The summed E-state index contributed by atoms with van der Waals surface area (Å²) < 4.78 is 41.6. The minimum atomic E-state index is -4.19. The lowest BCUT2D eigenvalue weighted by Gasteiger charge is -2.15. The SMILES string of the molecule is NNC(CCC(F)(F)F)c1occc1Br. The van der Waals surface area contributed by atoms with E-state index in [0.29, 0.717) is 10.2 Å². The van der Waals surface area contributed by atoms with Crippen molar-refractivity contribution in [3.63, 3.8) is 0 Å². The van der Waals surface area contributed by atoms with Crippen LogP contribution in [-0.4, -0.2) is 6.18 Å². The number of nitrogens with two attached hydrogens (primary N) is 1. The molecule has 0 spiro atoms. The van der Waals surface area contributed by atoms with Gasteiger partial charge in [-0.05, 0) is 28.4 Å². The molecule has 0 radical (unpaired) electrons. The van der Waals surface area contributed by atoms with Crippen LogP contribution in [-0.2, 0) is 0 Å². The van der Waals surface area contributed by atoms with Gasteiger partial charge in [0.25, 0.3) is 0 Å². The van der Waals surface area contributed by atoms with Gasteiger partial charge in [0.05, 0.1) is 16.8 Å². The van der Waals surface area contributed by atoms with Crippen molar-refractivity contribution in [1.82, 2.24) is 5.43 Å². The van der Waals surface area contributed by atoms with Crippen LogP contribution in [0.1, 0.15) is 24.6 Å². The lowest BCUT2D eigenvalue weighted by molar-refractivity contribution is -0.136. The minimum Gasteiger partial charge on any atom is -0.466 e. The Morgan fingerprint density at radius 3 is 2.60 bits per heavy atom. The summed E-state index contributed by atoms with van der Waals surface area (Å²) in [5.41, 5.74) is 2.29. The first kappa shape index (κ1) is 12.5. The molecule has 1 rings (SSSR count). The quantitative estimate of drug-likeness (QED) is 0.661. The van der Waals surface area contributed by atoms with Crippen LogP contribution < -0.4 is 11.3 Å². The molecule has 1 aromatic heterocycles. The van der Waals surface area contributed by atoms with Gasteiger partial charge >= 0.3 is 6.18 Å². The van der Waals surface area contributed by atoms with Gasteiger partial charge in [0.15, 0.2) is 0 Å². The molecule has 0 amide bonds. The van der Waals surface area contributed by atoms with Gasteiger partial charge in [-0.2, -0.15) is 13.2 Å². The van der Waals surface area contributed by atoms with Crippen molar-refractivity contribution in [2.24, 2.45) is 5.84 Å². The molecule has 0 saturated carbocycles. The molecule has 0 aliphatic carbocycles. The Labute approximate surface area is 92.9 Å². The molecule has 3 N–H and O–H groups in total. The topological polar surface area (TPSA) is 51.2 Å². The maximum absolute atomic E-state index is 12.0. The molecule has 1 heterocycles. The number of furan rings is 1. The van der Waals surface area contributed by atoms with E-state index >= 15 is 0 Å². The van der Waals surface area contributed by atoms with Gasteiger partial charge in [-0.15, -0.1) is 0 Å². The largest absolute Gasteiger partial charge is 0.466 e. The van der Waals surface area contributed by atoms with E-state index in [4.69, 9.17) is 10.3 Å². The van der Waals surface area contributed by atoms with Gasteiger partial charge in [0, 0.05) is 6.42 Å². The van der Waals surface area contributed by atoms with E-state index < -0.39 is 18.6 Å². The summed E-state index contributed by atoms with van der Waals surface area (Å²) in [4.78, 5) is 0. The summed E-state index contributed by atoms with van der Waals surface area (Å²) in [6.45, 7) is 0. The molecule has 0 bridgehead atoms. The maximum atomic E-state index is 12.0. The molecule has 0 fully saturated rings. The van der Waals surface area contributed by atoms with E-state index in [2.05, 4.69) is 21.4 Å². The van der Waals surface area contributed by atoms with Crippen molar-refractivity contribution < 1.29 is 17.6 Å². The number of rotatable bonds is 4. The lowest BCUT2D eigenvalue weighted by atomic mass is 10.1. The van der Waals surface area contributed by atoms with Crippen molar-refractivity contribution in [2.45, 2.75) is 25.1 Å². The van der Waals surface area contributed by atoms with Crippen LogP contribution in [0.4, 0.5) is 13.2 Å². The molecule has 0 aliphatic heterocycles. The van der Waals surface area contributed by atoms with Crippen LogP contribution in [0, 0.1) is 0 Å². The Morgan fingerprint density at radius 2 is 2.20 bits per heavy atom. The zero-order valence-electron chi connectivity index (χ0n) is 7.64. The minimum absolute atomic E-state index is 0.161. The summed E-state index contributed by atoms with van der Waals surface area (Å²) in [6, 6.07) is 0.962. The molecule has 7 heteroatoms. The second kappa shape index (κ2) is 5.00. The van der Waals surface area contributed by atoms with Crippen molar-refractivity contribution in [3.8, 4) is 0 Å². The Bertz CT molecular complexity index is 313. The third kappa shape index (κ3) is 3.84. The Balaban J connectivity index is 2.61. The molecular formula is C8H10BrF3N2O. The number of hydrogen-bond acceptors (Lipinski definition) is 3. The number of nitrogens with one attached hydrogen (secondary N) is 1. The van der Waals surface area contributed by atoms with Crippen molar-refractivity contribution in [2.75, 3.05) is 0 Å². The fourth-order valence-electron chi connectivity index (χ4n) is 1.15. The number of hydrazine groups is 1. The first-order chi connectivity index (χ1) is 6.94. The molecule has 86 valence electrons. The Morgan fingerprint density at radius 1 is 1.53 bits per heavy atom. The number of hydrogen-bond donors (Lipinski definition) is 2. The summed E-state index contributed by atoms with van der Waals surface area (Å²) in [7, 11) is 0. The first-order valence-electron chi connectivity index (χ1n) is 4.20. The third-order valence-electron chi connectivity index (χ3n) is 1.88. The first-order valence-corrected chi connectivity index (χ1v) is 4.99. The van der Waals surface area contributed by atoms with Gasteiger partial charge < -0.3 is 4.42 Å². The van der Waals surface area contributed by atoms with Gasteiger partial charge in [0.1, 0.15) is 5.76 Å². The van der Waals surface area contributed by atoms with Crippen molar-refractivity contribution >= 4 is 15.9 Å². The average Bonchev–Trinajstić information content (AvgIpc) is 2.52. The fourth-order valence-corrected chi connectivity index (χ4v) is 1.63. The van der Waals surface area contributed by atoms with Gasteiger partial charge in [-0.1, -0.05) is 0 Å². The van der Waals surface area contributed by atoms with Crippen molar-refractivity contribution in [3.05, 3.63) is 22.6 Å². The molecule has 1 atom stereocenters. The molecule has 0 aromatic carbocycles. The van der Waals surface area contributed by atoms with E-state index in [-0.39, 0.29) is 6.42 Å².